The van der Waals surface area contributed by atoms with Crippen LogP contribution in [0.5, 0.6) is 0 Å². The summed E-state index contributed by atoms with van der Waals surface area (Å²) in [5.74, 6) is 0. The summed E-state index contributed by atoms with van der Waals surface area (Å²) in [6.45, 7) is 2.27. The summed E-state index contributed by atoms with van der Waals surface area (Å²) >= 11 is 1.81. The molecule has 0 aliphatic heterocycles. The van der Waals surface area contributed by atoms with Gasteiger partial charge >= 0.3 is 0 Å². The highest BCUT2D eigenvalue weighted by atomic mass is 32.1. The lowest BCUT2D eigenvalue weighted by Crippen LogP contribution is -2.27. The Morgan fingerprint density at radius 2 is 1.96 bits per heavy atom. The zero-order chi connectivity index (χ0) is 18.2. The van der Waals surface area contributed by atoms with Crippen LogP contribution in [0.4, 0.5) is 0 Å². The molecule has 2 aromatic heterocycles. The lowest BCUT2D eigenvalue weighted by atomic mass is 9.90. The van der Waals surface area contributed by atoms with Gasteiger partial charge in [0.2, 0.25) is 0 Å². The molecular formula is C24H24N2S. The fourth-order valence-electron chi connectivity index (χ4n) is 4.37. The van der Waals surface area contributed by atoms with Crippen LogP contribution in [0.1, 0.15) is 48.7 Å². The van der Waals surface area contributed by atoms with Crippen molar-refractivity contribution in [1.29, 1.82) is 0 Å². The minimum absolute atomic E-state index is 0.343. The number of H-pyrrole nitrogens is 1. The van der Waals surface area contributed by atoms with Crippen LogP contribution < -0.4 is 5.32 Å². The molecule has 3 heteroatoms. The molecule has 0 saturated heterocycles. The van der Waals surface area contributed by atoms with Crippen LogP contribution in [-0.2, 0) is 6.42 Å². The summed E-state index contributed by atoms with van der Waals surface area (Å²) in [6, 6.07) is 22.7. The summed E-state index contributed by atoms with van der Waals surface area (Å²) in [4.78, 5) is 5.08. The monoisotopic (exact) mass is 372 g/mol. The summed E-state index contributed by atoms with van der Waals surface area (Å²) in [5, 5.41) is 7.41. The van der Waals surface area contributed by atoms with E-state index >= 15 is 0 Å². The van der Waals surface area contributed by atoms with Crippen molar-refractivity contribution in [3.8, 4) is 10.4 Å². The first-order valence-electron chi connectivity index (χ1n) is 9.79. The number of thiophene rings is 1. The van der Waals surface area contributed by atoms with Crippen molar-refractivity contribution in [2.45, 2.75) is 38.3 Å². The molecule has 2 nitrogen and oxygen atoms in total. The highest BCUT2D eigenvalue weighted by Gasteiger charge is 2.25. The van der Waals surface area contributed by atoms with Crippen LogP contribution in [0, 0.1) is 0 Å². The van der Waals surface area contributed by atoms with Gasteiger partial charge in [0.15, 0.2) is 0 Å². The van der Waals surface area contributed by atoms with Crippen molar-refractivity contribution in [3.05, 3.63) is 82.9 Å². The van der Waals surface area contributed by atoms with Crippen LogP contribution in [0.15, 0.2) is 66.0 Å². The van der Waals surface area contributed by atoms with Gasteiger partial charge in [0.25, 0.3) is 0 Å². The molecular weight excluding hydrogens is 348 g/mol. The Bertz CT molecular complexity index is 1050. The summed E-state index contributed by atoms with van der Waals surface area (Å²) in [5.41, 5.74) is 6.84. The Kier molecular flexibility index (Phi) is 4.35. The third-order valence-corrected chi connectivity index (χ3v) is 6.68. The second-order valence-corrected chi connectivity index (χ2v) is 8.45. The summed E-state index contributed by atoms with van der Waals surface area (Å²) in [6.07, 6.45) is 3.60. The highest BCUT2D eigenvalue weighted by molar-refractivity contribution is 7.13. The van der Waals surface area contributed by atoms with Gasteiger partial charge in [-0.25, -0.2) is 0 Å². The number of aromatic nitrogens is 1. The van der Waals surface area contributed by atoms with Crippen molar-refractivity contribution in [2.24, 2.45) is 0 Å². The zero-order valence-corrected chi connectivity index (χ0v) is 16.4. The zero-order valence-electron chi connectivity index (χ0n) is 15.5. The van der Waals surface area contributed by atoms with Crippen LogP contribution in [-0.4, -0.2) is 4.98 Å². The minimum atomic E-state index is 0.343. The molecule has 1 aliphatic rings. The van der Waals surface area contributed by atoms with Crippen molar-refractivity contribution in [2.75, 3.05) is 0 Å². The van der Waals surface area contributed by atoms with Crippen LogP contribution in [0.25, 0.3) is 21.3 Å². The lowest BCUT2D eigenvalue weighted by molar-refractivity contribution is 0.410. The maximum atomic E-state index is 3.87. The predicted octanol–water partition coefficient (Wildman–Crippen LogP) is 6.62. The Balaban J connectivity index is 1.49. The molecule has 0 unspecified atom stereocenters. The maximum Gasteiger partial charge on any atom is 0.0480 e. The number of aryl methyl sites for hydroxylation is 1. The van der Waals surface area contributed by atoms with E-state index in [1.165, 1.54) is 57.4 Å². The topological polar surface area (TPSA) is 27.8 Å². The summed E-state index contributed by atoms with van der Waals surface area (Å²) in [7, 11) is 0. The van der Waals surface area contributed by atoms with Gasteiger partial charge in [-0.05, 0) is 66.5 Å². The van der Waals surface area contributed by atoms with Crippen molar-refractivity contribution >= 4 is 22.2 Å². The first-order valence-corrected chi connectivity index (χ1v) is 10.7. The molecule has 5 rings (SSSR count). The predicted molar refractivity (Wildman–Crippen MR) is 115 cm³/mol. The molecule has 0 amide bonds. The van der Waals surface area contributed by atoms with Gasteiger partial charge in [-0.15, -0.1) is 11.3 Å². The fourth-order valence-corrected chi connectivity index (χ4v) is 5.09. The van der Waals surface area contributed by atoms with E-state index in [9.17, 15) is 0 Å². The van der Waals surface area contributed by atoms with Gasteiger partial charge in [0, 0.05) is 33.6 Å². The molecule has 4 aromatic rings. The molecule has 0 radical (unpaired) electrons. The molecule has 0 bridgehead atoms. The van der Waals surface area contributed by atoms with Crippen LogP contribution in [0.2, 0.25) is 0 Å². The molecule has 27 heavy (non-hydrogen) atoms. The Morgan fingerprint density at radius 3 is 2.78 bits per heavy atom. The van der Waals surface area contributed by atoms with Gasteiger partial charge in [-0.1, -0.05) is 42.5 Å². The van der Waals surface area contributed by atoms with E-state index in [-0.39, 0.29) is 0 Å². The molecule has 136 valence electrons. The minimum Gasteiger partial charge on any atom is -0.357 e. The van der Waals surface area contributed by atoms with E-state index in [0.717, 1.165) is 0 Å². The van der Waals surface area contributed by atoms with Crippen molar-refractivity contribution in [3.63, 3.8) is 0 Å². The third kappa shape index (κ3) is 3.11. The first kappa shape index (κ1) is 16.8. The number of rotatable bonds is 4. The van der Waals surface area contributed by atoms with Gasteiger partial charge < -0.3 is 10.3 Å². The molecule has 2 N–H and O–H groups in total. The molecule has 0 spiro atoms. The van der Waals surface area contributed by atoms with Crippen LogP contribution >= 0.6 is 11.3 Å². The summed E-state index contributed by atoms with van der Waals surface area (Å²) < 4.78 is 0. The number of fused-ring (bicyclic) bond motifs is 3. The van der Waals surface area contributed by atoms with E-state index in [4.69, 9.17) is 0 Å². The quantitative estimate of drug-likeness (QED) is 0.414. The Morgan fingerprint density at radius 1 is 1.07 bits per heavy atom. The van der Waals surface area contributed by atoms with Crippen molar-refractivity contribution in [1.82, 2.24) is 10.3 Å². The van der Waals surface area contributed by atoms with Crippen LogP contribution in [0.3, 0.4) is 0 Å². The number of hydrogen-bond donors (Lipinski definition) is 2. The molecule has 0 fully saturated rings. The first-order chi connectivity index (χ1) is 13.3. The highest BCUT2D eigenvalue weighted by Crippen LogP contribution is 2.38. The standard InChI is InChI=1S/C24H24N2S/c1-16(17-7-3-2-4-8-17)25-22-10-5-9-19-20-15-18(23-11-6-14-27-23)12-13-21(20)26-24(19)22/h2-4,6-8,11-16,22,25-26H,5,9-10H2,1H3/t16-,22-/m1/s1. The fraction of sp³-hybridized carbons (Fsp3) is 0.250. The third-order valence-electron chi connectivity index (χ3n) is 5.76. The maximum absolute atomic E-state index is 3.87. The number of nitrogens with one attached hydrogen (secondary N) is 2. The second kappa shape index (κ2) is 6.99. The molecule has 2 heterocycles. The lowest BCUT2D eigenvalue weighted by Gasteiger charge is -2.27. The number of hydrogen-bond acceptors (Lipinski definition) is 2. The smallest absolute Gasteiger partial charge is 0.0480 e. The van der Waals surface area contributed by atoms with Gasteiger partial charge in [-0.2, -0.15) is 0 Å². The number of benzene rings is 2. The largest absolute Gasteiger partial charge is 0.357 e. The average Bonchev–Trinajstić information content (AvgIpc) is 3.37. The Hall–Kier alpha value is -2.36. The molecule has 0 saturated carbocycles. The van der Waals surface area contributed by atoms with Gasteiger partial charge in [0.05, 0.1) is 0 Å². The van der Waals surface area contributed by atoms with E-state index in [0.29, 0.717) is 12.1 Å². The molecule has 1 aliphatic carbocycles. The van der Waals surface area contributed by atoms with E-state index in [2.05, 4.69) is 83.3 Å². The van der Waals surface area contributed by atoms with Gasteiger partial charge in [-0.3, -0.25) is 0 Å². The normalized spacial score (nSPS) is 17.7. The number of aromatic amines is 1. The van der Waals surface area contributed by atoms with Crippen molar-refractivity contribution < 1.29 is 0 Å². The average molecular weight is 373 g/mol. The SMILES string of the molecule is C[C@@H](N[C@@H]1CCCc2c1[nH]c1ccc(-c3cccs3)cc21)c1ccccc1. The Labute approximate surface area is 164 Å². The van der Waals surface area contributed by atoms with E-state index < -0.39 is 0 Å². The van der Waals surface area contributed by atoms with E-state index in [1.54, 1.807) is 0 Å². The molecule has 2 atom stereocenters. The van der Waals surface area contributed by atoms with Gasteiger partial charge in [0.1, 0.15) is 0 Å². The molecule has 2 aromatic carbocycles. The van der Waals surface area contributed by atoms with E-state index in [1.807, 2.05) is 11.3 Å². The second-order valence-electron chi connectivity index (χ2n) is 7.50.